The number of aliphatic hydroxyl groups excluding tert-OH is 5. The first-order valence-corrected chi connectivity index (χ1v) is 24.4. The van der Waals surface area contributed by atoms with Crippen LogP contribution in [0.3, 0.4) is 0 Å². The molecule has 57 heavy (non-hydrogen) atoms. The molecule has 0 bridgehead atoms. The molecule has 1 aliphatic rings. The predicted octanol–water partition coefficient (Wildman–Crippen LogP) is 10.5. The molecule has 1 fully saturated rings. The summed E-state index contributed by atoms with van der Waals surface area (Å²) in [5.41, 5.74) is 0. The zero-order chi connectivity index (χ0) is 41.6. The van der Waals surface area contributed by atoms with Gasteiger partial charge in [0, 0.05) is 6.42 Å². The number of rotatable bonds is 41. The van der Waals surface area contributed by atoms with Gasteiger partial charge in [-0.1, -0.05) is 199 Å². The number of allylic oxidation sites excluding steroid dienone is 2. The van der Waals surface area contributed by atoms with Crippen molar-refractivity contribution in [3.8, 4) is 0 Å². The third-order valence-corrected chi connectivity index (χ3v) is 11.9. The van der Waals surface area contributed by atoms with Gasteiger partial charge in [-0.15, -0.1) is 0 Å². The van der Waals surface area contributed by atoms with E-state index < -0.39 is 49.5 Å². The molecule has 9 nitrogen and oxygen atoms in total. The molecule has 1 aliphatic heterocycles. The van der Waals surface area contributed by atoms with Crippen molar-refractivity contribution in [2.45, 2.75) is 275 Å². The molecule has 9 heteroatoms. The van der Waals surface area contributed by atoms with E-state index in [1.54, 1.807) is 0 Å². The van der Waals surface area contributed by atoms with Gasteiger partial charge in [-0.2, -0.15) is 0 Å². The normalized spacial score (nSPS) is 21.0. The molecule has 0 aromatic rings. The largest absolute Gasteiger partial charge is 0.394 e. The Morgan fingerprint density at radius 2 is 0.982 bits per heavy atom. The number of hydrogen-bond acceptors (Lipinski definition) is 8. The highest BCUT2D eigenvalue weighted by atomic mass is 16.7. The summed E-state index contributed by atoms with van der Waals surface area (Å²) in [7, 11) is 0. The van der Waals surface area contributed by atoms with Crippen LogP contribution in [-0.4, -0.2) is 87.5 Å². The second-order valence-corrected chi connectivity index (χ2v) is 17.3. The van der Waals surface area contributed by atoms with E-state index >= 15 is 0 Å². The Labute approximate surface area is 350 Å². The van der Waals surface area contributed by atoms with E-state index in [1.807, 2.05) is 0 Å². The Bertz CT molecular complexity index is 904. The van der Waals surface area contributed by atoms with Crippen LogP contribution in [0.2, 0.25) is 0 Å². The molecule has 6 N–H and O–H groups in total. The molecule has 7 unspecified atom stereocenters. The van der Waals surface area contributed by atoms with E-state index in [0.29, 0.717) is 12.8 Å². The summed E-state index contributed by atoms with van der Waals surface area (Å²) in [5.74, 6) is -0.151. The van der Waals surface area contributed by atoms with Crippen LogP contribution in [0, 0.1) is 0 Å². The van der Waals surface area contributed by atoms with Crippen molar-refractivity contribution in [1.29, 1.82) is 0 Å². The maximum atomic E-state index is 13.0. The number of nitrogens with one attached hydrogen (secondary N) is 1. The lowest BCUT2D eigenvalue weighted by atomic mass is 9.99. The minimum atomic E-state index is -1.55. The molecule has 0 aromatic heterocycles. The van der Waals surface area contributed by atoms with Crippen LogP contribution in [0.25, 0.3) is 0 Å². The Kier molecular flexibility index (Phi) is 37.0. The highest BCUT2D eigenvalue weighted by Gasteiger charge is 2.44. The molecule has 0 saturated carbocycles. The molecule has 1 heterocycles. The van der Waals surface area contributed by atoms with Crippen LogP contribution in [0.5, 0.6) is 0 Å². The van der Waals surface area contributed by atoms with Gasteiger partial charge in [0.2, 0.25) is 5.91 Å². The van der Waals surface area contributed by atoms with Crippen LogP contribution in [-0.2, 0) is 14.3 Å². The standard InChI is InChI=1S/C48H93NO8/c1-3-5-7-9-11-13-15-17-19-20-21-22-24-25-27-29-31-33-35-37-42(51)41(40-56-48-47(55)46(54)45(53)43(39-50)57-48)49-44(52)38-36-34-32-30-28-26-23-18-16-14-12-10-8-6-4-2/h18,23,41-43,45-48,50-51,53-55H,3-17,19-22,24-40H2,1-2H3,(H,49,52)/b23-18-. The topological polar surface area (TPSA) is 149 Å². The summed E-state index contributed by atoms with van der Waals surface area (Å²) in [6.07, 6.45) is 37.9. The first kappa shape index (κ1) is 53.9. The van der Waals surface area contributed by atoms with Crippen molar-refractivity contribution < 1.29 is 39.8 Å². The minimum Gasteiger partial charge on any atom is -0.394 e. The number of carbonyl (C=O) groups excluding carboxylic acids is 1. The van der Waals surface area contributed by atoms with E-state index in [-0.39, 0.29) is 12.5 Å². The summed E-state index contributed by atoms with van der Waals surface area (Å²) >= 11 is 0. The lowest BCUT2D eigenvalue weighted by Gasteiger charge is -2.40. The van der Waals surface area contributed by atoms with Gasteiger partial charge >= 0.3 is 0 Å². The first-order valence-electron chi connectivity index (χ1n) is 24.4. The number of hydrogen-bond donors (Lipinski definition) is 6. The molecule has 0 spiro atoms. The summed E-state index contributed by atoms with van der Waals surface area (Å²) in [5, 5.41) is 54.4. The second kappa shape index (κ2) is 39.1. The van der Waals surface area contributed by atoms with Gasteiger partial charge in [0.1, 0.15) is 24.4 Å². The average molecular weight is 812 g/mol. The van der Waals surface area contributed by atoms with Gasteiger partial charge in [0.05, 0.1) is 25.4 Å². The molecule has 7 atom stereocenters. The van der Waals surface area contributed by atoms with Gasteiger partial charge in [-0.05, 0) is 38.5 Å². The lowest BCUT2D eigenvalue weighted by molar-refractivity contribution is -0.302. The van der Waals surface area contributed by atoms with E-state index in [9.17, 15) is 30.3 Å². The van der Waals surface area contributed by atoms with E-state index in [4.69, 9.17) is 9.47 Å². The highest BCUT2D eigenvalue weighted by Crippen LogP contribution is 2.23. The molecule has 0 radical (unpaired) electrons. The third kappa shape index (κ3) is 29.7. The molecule has 1 amide bonds. The number of aliphatic hydroxyl groups is 5. The van der Waals surface area contributed by atoms with Crippen molar-refractivity contribution >= 4 is 5.91 Å². The summed E-state index contributed by atoms with van der Waals surface area (Å²) < 4.78 is 11.3. The fourth-order valence-electron chi connectivity index (χ4n) is 7.92. The van der Waals surface area contributed by atoms with Crippen LogP contribution in [0.15, 0.2) is 12.2 Å². The number of carbonyl (C=O) groups is 1. The molecule has 0 aliphatic carbocycles. The summed E-state index contributed by atoms with van der Waals surface area (Å²) in [6.45, 7) is 3.84. The maximum Gasteiger partial charge on any atom is 0.220 e. The fourth-order valence-corrected chi connectivity index (χ4v) is 7.92. The molecule has 1 saturated heterocycles. The van der Waals surface area contributed by atoms with Gasteiger partial charge in [0.25, 0.3) is 0 Å². The number of unbranched alkanes of at least 4 members (excludes halogenated alkanes) is 29. The summed E-state index contributed by atoms with van der Waals surface area (Å²) in [6, 6.07) is -0.719. The third-order valence-electron chi connectivity index (χ3n) is 11.9. The van der Waals surface area contributed by atoms with Crippen molar-refractivity contribution in [3.05, 3.63) is 12.2 Å². The quantitative estimate of drug-likeness (QED) is 0.0264. The zero-order valence-corrected chi connectivity index (χ0v) is 37.1. The molecule has 0 aromatic carbocycles. The van der Waals surface area contributed by atoms with E-state index in [2.05, 4.69) is 31.3 Å². The molecular formula is C48H93NO8. The van der Waals surface area contributed by atoms with Gasteiger partial charge < -0.3 is 40.3 Å². The maximum absolute atomic E-state index is 13.0. The molecule has 1 rings (SSSR count). The highest BCUT2D eigenvalue weighted by molar-refractivity contribution is 5.76. The second-order valence-electron chi connectivity index (χ2n) is 17.3. The van der Waals surface area contributed by atoms with Crippen molar-refractivity contribution in [1.82, 2.24) is 5.32 Å². The average Bonchev–Trinajstić information content (AvgIpc) is 3.21. The number of amides is 1. The molecule has 338 valence electrons. The minimum absolute atomic E-state index is 0.138. The van der Waals surface area contributed by atoms with Crippen LogP contribution in [0.4, 0.5) is 0 Å². The van der Waals surface area contributed by atoms with Gasteiger partial charge in [0.15, 0.2) is 6.29 Å². The molecular weight excluding hydrogens is 719 g/mol. The van der Waals surface area contributed by atoms with Crippen molar-refractivity contribution in [3.63, 3.8) is 0 Å². The lowest BCUT2D eigenvalue weighted by Crippen LogP contribution is -2.60. The zero-order valence-electron chi connectivity index (χ0n) is 37.1. The monoisotopic (exact) mass is 812 g/mol. The number of ether oxygens (including phenoxy) is 2. The first-order chi connectivity index (χ1) is 27.8. The Hall–Kier alpha value is -1.07. The predicted molar refractivity (Wildman–Crippen MR) is 235 cm³/mol. The van der Waals surface area contributed by atoms with Crippen molar-refractivity contribution in [2.24, 2.45) is 0 Å². The fraction of sp³-hybridized carbons (Fsp3) is 0.938. The Morgan fingerprint density at radius 3 is 1.42 bits per heavy atom. The van der Waals surface area contributed by atoms with Crippen LogP contribution >= 0.6 is 0 Å². The Morgan fingerprint density at radius 1 is 0.579 bits per heavy atom. The van der Waals surface area contributed by atoms with E-state index in [1.165, 1.54) is 154 Å². The van der Waals surface area contributed by atoms with Crippen LogP contribution < -0.4 is 5.32 Å². The van der Waals surface area contributed by atoms with Crippen LogP contribution in [0.1, 0.15) is 232 Å². The van der Waals surface area contributed by atoms with Gasteiger partial charge in [-0.25, -0.2) is 0 Å². The Balaban J connectivity index is 2.30. The van der Waals surface area contributed by atoms with E-state index in [0.717, 1.165) is 51.4 Å². The SMILES string of the molecule is CCCCCCCC/C=C\CCCCCCCC(=O)NC(COC1OC(CO)C(O)C(O)C1O)C(O)CCCCCCCCCCCCCCCCCCCCC. The van der Waals surface area contributed by atoms with Crippen molar-refractivity contribution in [2.75, 3.05) is 13.2 Å². The smallest absolute Gasteiger partial charge is 0.220 e. The van der Waals surface area contributed by atoms with Gasteiger partial charge in [-0.3, -0.25) is 4.79 Å². The summed E-state index contributed by atoms with van der Waals surface area (Å²) in [4.78, 5) is 13.0.